The summed E-state index contributed by atoms with van der Waals surface area (Å²) in [6.45, 7) is 1.24. The topological polar surface area (TPSA) is 56.1 Å². The third kappa shape index (κ3) is 2.28. The Bertz CT molecular complexity index is 530. The van der Waals surface area contributed by atoms with Crippen molar-refractivity contribution in [2.24, 2.45) is 0 Å². The fourth-order valence-electron chi connectivity index (χ4n) is 2.73. The largest absolute Gasteiger partial charge is 0.384 e. The predicted molar refractivity (Wildman–Crippen MR) is 72.6 cm³/mol. The lowest BCUT2D eigenvalue weighted by atomic mass is 9.99. The summed E-state index contributed by atoms with van der Waals surface area (Å²) in [5, 5.41) is 12.0. The van der Waals surface area contributed by atoms with Crippen LogP contribution in [-0.2, 0) is 4.79 Å². The molecule has 1 heterocycles. The van der Waals surface area contributed by atoms with E-state index in [1.807, 2.05) is 29.2 Å². The molecule has 2 aliphatic rings. The lowest BCUT2D eigenvalue weighted by molar-refractivity contribution is -0.132. The third-order valence-electron chi connectivity index (χ3n) is 3.87. The van der Waals surface area contributed by atoms with Crippen molar-refractivity contribution in [1.82, 2.24) is 4.90 Å². The number of benzene rings is 1. The van der Waals surface area contributed by atoms with Crippen molar-refractivity contribution in [1.29, 1.82) is 5.26 Å². The van der Waals surface area contributed by atoms with E-state index in [4.69, 9.17) is 5.26 Å². The number of carbonyl (C=O) groups is 1. The number of hydrogen-bond acceptors (Lipinski definition) is 3. The van der Waals surface area contributed by atoms with Crippen LogP contribution in [0.2, 0.25) is 0 Å². The van der Waals surface area contributed by atoms with Gasteiger partial charge in [-0.3, -0.25) is 4.79 Å². The number of hydrogen-bond donors (Lipinski definition) is 1. The molecule has 1 unspecified atom stereocenters. The Kier molecular flexibility index (Phi) is 3.12. The Morgan fingerprint density at radius 2 is 2.21 bits per heavy atom. The second kappa shape index (κ2) is 4.93. The van der Waals surface area contributed by atoms with Crippen LogP contribution in [0.5, 0.6) is 0 Å². The molecule has 1 aromatic rings. The molecule has 19 heavy (non-hydrogen) atoms. The van der Waals surface area contributed by atoms with E-state index in [2.05, 4.69) is 11.4 Å². The maximum absolute atomic E-state index is 12.7. The van der Waals surface area contributed by atoms with Gasteiger partial charge in [-0.05, 0) is 24.5 Å². The molecule has 0 spiro atoms. The molecule has 0 radical (unpaired) electrons. The monoisotopic (exact) mass is 255 g/mol. The van der Waals surface area contributed by atoms with Crippen molar-refractivity contribution in [2.75, 3.05) is 18.4 Å². The first-order valence-corrected chi connectivity index (χ1v) is 6.81. The van der Waals surface area contributed by atoms with Crippen LogP contribution >= 0.6 is 0 Å². The molecule has 0 aromatic heterocycles. The Hall–Kier alpha value is -2.02. The third-order valence-corrected chi connectivity index (χ3v) is 3.87. The summed E-state index contributed by atoms with van der Waals surface area (Å²) >= 11 is 0. The fourth-order valence-corrected chi connectivity index (χ4v) is 2.73. The van der Waals surface area contributed by atoms with Gasteiger partial charge in [-0.25, -0.2) is 0 Å². The molecule has 1 saturated carbocycles. The van der Waals surface area contributed by atoms with E-state index in [1.54, 1.807) is 0 Å². The SMILES string of the molecule is N#CCCN(C(=O)C1CNc2ccccc21)C1CC1. The summed E-state index contributed by atoms with van der Waals surface area (Å²) in [7, 11) is 0. The first-order chi connectivity index (χ1) is 9.31. The molecule has 1 aromatic carbocycles. The zero-order valence-electron chi connectivity index (χ0n) is 10.8. The standard InChI is InChI=1S/C15H17N3O/c16-8-3-9-18(11-6-7-11)15(19)13-10-17-14-5-2-1-4-12(13)14/h1-2,4-5,11,13,17H,3,6-7,9-10H2. The minimum Gasteiger partial charge on any atom is -0.384 e. The molecule has 4 heteroatoms. The summed E-state index contributed by atoms with van der Waals surface area (Å²) in [6, 6.07) is 10.5. The van der Waals surface area contributed by atoms with E-state index in [9.17, 15) is 4.79 Å². The molecule has 0 bridgehead atoms. The summed E-state index contributed by atoms with van der Waals surface area (Å²) in [5.74, 6) is 0.0886. The number of nitrogens with one attached hydrogen (secondary N) is 1. The number of nitriles is 1. The average Bonchev–Trinajstić information content (AvgIpc) is 3.18. The smallest absolute Gasteiger partial charge is 0.232 e. The van der Waals surface area contributed by atoms with Crippen LogP contribution < -0.4 is 5.32 Å². The summed E-state index contributed by atoms with van der Waals surface area (Å²) < 4.78 is 0. The highest BCUT2D eigenvalue weighted by Gasteiger charge is 2.38. The van der Waals surface area contributed by atoms with Crippen molar-refractivity contribution in [3.63, 3.8) is 0 Å². The van der Waals surface area contributed by atoms with Gasteiger partial charge in [-0.1, -0.05) is 18.2 Å². The molecular formula is C15H17N3O. The molecule has 3 rings (SSSR count). The quantitative estimate of drug-likeness (QED) is 0.896. The molecule has 1 aliphatic carbocycles. The molecular weight excluding hydrogens is 238 g/mol. The Labute approximate surface area is 113 Å². The highest BCUT2D eigenvalue weighted by atomic mass is 16.2. The molecule has 0 saturated heterocycles. The van der Waals surface area contributed by atoms with Crippen molar-refractivity contribution in [3.05, 3.63) is 29.8 Å². The second-order valence-electron chi connectivity index (χ2n) is 5.19. The first-order valence-electron chi connectivity index (χ1n) is 6.81. The van der Waals surface area contributed by atoms with Gasteiger partial charge in [-0.2, -0.15) is 5.26 Å². The Morgan fingerprint density at radius 1 is 1.42 bits per heavy atom. The molecule has 4 nitrogen and oxygen atoms in total. The summed E-state index contributed by atoms with van der Waals surface area (Å²) in [4.78, 5) is 14.6. The molecule has 98 valence electrons. The van der Waals surface area contributed by atoms with Crippen molar-refractivity contribution >= 4 is 11.6 Å². The number of para-hydroxylation sites is 1. The van der Waals surface area contributed by atoms with E-state index in [-0.39, 0.29) is 11.8 Å². The van der Waals surface area contributed by atoms with Crippen molar-refractivity contribution < 1.29 is 4.79 Å². The second-order valence-corrected chi connectivity index (χ2v) is 5.19. The van der Waals surface area contributed by atoms with Gasteiger partial charge in [0, 0.05) is 24.8 Å². The van der Waals surface area contributed by atoms with E-state index in [0.717, 1.165) is 24.1 Å². The minimum absolute atomic E-state index is 0.0875. The van der Waals surface area contributed by atoms with Gasteiger partial charge >= 0.3 is 0 Å². The van der Waals surface area contributed by atoms with Crippen LogP contribution in [-0.4, -0.2) is 29.9 Å². The number of nitrogens with zero attached hydrogens (tertiary/aromatic N) is 2. The Morgan fingerprint density at radius 3 is 2.95 bits per heavy atom. The van der Waals surface area contributed by atoms with Crippen LogP contribution in [0.4, 0.5) is 5.69 Å². The number of anilines is 1. The molecule has 1 fully saturated rings. The van der Waals surface area contributed by atoms with Gasteiger partial charge in [0.15, 0.2) is 0 Å². The van der Waals surface area contributed by atoms with Gasteiger partial charge in [0.2, 0.25) is 5.91 Å². The van der Waals surface area contributed by atoms with Crippen LogP contribution in [0.3, 0.4) is 0 Å². The maximum atomic E-state index is 12.7. The maximum Gasteiger partial charge on any atom is 0.232 e. The highest BCUT2D eigenvalue weighted by molar-refractivity contribution is 5.88. The zero-order valence-corrected chi connectivity index (χ0v) is 10.8. The molecule has 1 amide bonds. The van der Waals surface area contributed by atoms with E-state index >= 15 is 0 Å². The van der Waals surface area contributed by atoms with Gasteiger partial charge in [0.05, 0.1) is 18.4 Å². The Balaban J connectivity index is 1.78. The van der Waals surface area contributed by atoms with Gasteiger partial charge < -0.3 is 10.2 Å². The van der Waals surface area contributed by atoms with Crippen molar-refractivity contribution in [2.45, 2.75) is 31.2 Å². The minimum atomic E-state index is -0.0875. The van der Waals surface area contributed by atoms with Crippen LogP contribution in [0.1, 0.15) is 30.7 Å². The van der Waals surface area contributed by atoms with Crippen LogP contribution in [0.25, 0.3) is 0 Å². The van der Waals surface area contributed by atoms with Crippen LogP contribution in [0, 0.1) is 11.3 Å². The summed E-state index contributed by atoms with van der Waals surface area (Å²) in [6.07, 6.45) is 2.59. The molecule has 1 atom stereocenters. The lowest BCUT2D eigenvalue weighted by Crippen LogP contribution is -2.38. The lowest BCUT2D eigenvalue weighted by Gasteiger charge is -2.24. The van der Waals surface area contributed by atoms with Gasteiger partial charge in [-0.15, -0.1) is 0 Å². The number of amides is 1. The van der Waals surface area contributed by atoms with Crippen molar-refractivity contribution in [3.8, 4) is 6.07 Å². The predicted octanol–water partition coefficient (Wildman–Crippen LogP) is 2.10. The van der Waals surface area contributed by atoms with Crippen LogP contribution in [0.15, 0.2) is 24.3 Å². The fraction of sp³-hybridized carbons (Fsp3) is 0.467. The molecule has 1 N–H and O–H groups in total. The van der Waals surface area contributed by atoms with E-state index in [0.29, 0.717) is 25.6 Å². The van der Waals surface area contributed by atoms with Gasteiger partial charge in [0.25, 0.3) is 0 Å². The van der Waals surface area contributed by atoms with Gasteiger partial charge in [0.1, 0.15) is 0 Å². The number of rotatable bonds is 4. The highest BCUT2D eigenvalue weighted by Crippen LogP contribution is 2.35. The normalized spacial score (nSPS) is 20.3. The number of carbonyl (C=O) groups excluding carboxylic acids is 1. The van der Waals surface area contributed by atoms with E-state index in [1.165, 1.54) is 0 Å². The van der Waals surface area contributed by atoms with E-state index < -0.39 is 0 Å². The average molecular weight is 255 g/mol. The summed E-state index contributed by atoms with van der Waals surface area (Å²) in [5.41, 5.74) is 2.16. The number of fused-ring (bicyclic) bond motifs is 1. The zero-order chi connectivity index (χ0) is 13.2. The first kappa shape index (κ1) is 12.0. The molecule has 1 aliphatic heterocycles.